The normalized spacial score (nSPS) is 11.5. The maximum atomic E-state index is 12.2. The summed E-state index contributed by atoms with van der Waals surface area (Å²) in [4.78, 5) is 12.2. The van der Waals surface area contributed by atoms with Crippen LogP contribution in [0.4, 0.5) is 0 Å². The van der Waals surface area contributed by atoms with E-state index in [4.69, 9.17) is 4.42 Å². The fourth-order valence-corrected chi connectivity index (χ4v) is 3.30. The van der Waals surface area contributed by atoms with Gasteiger partial charge in [0.15, 0.2) is 11.0 Å². The molecule has 2 aromatic heterocycles. The number of aryl methyl sites for hydroxylation is 1. The van der Waals surface area contributed by atoms with E-state index in [1.165, 1.54) is 11.8 Å². The van der Waals surface area contributed by atoms with E-state index in [1.54, 1.807) is 6.26 Å². The summed E-state index contributed by atoms with van der Waals surface area (Å²) in [5, 5.41) is 12.3. The molecule has 0 aliphatic carbocycles. The Kier molecular flexibility index (Phi) is 5.18. The van der Waals surface area contributed by atoms with Gasteiger partial charge in [0.25, 0.3) is 0 Å². The second-order valence-electron chi connectivity index (χ2n) is 6.95. The molecule has 0 unspecified atom stereocenters. The largest absolute Gasteiger partial charge is 0.469 e. The van der Waals surface area contributed by atoms with Crippen molar-refractivity contribution in [1.82, 2.24) is 20.1 Å². The number of benzene rings is 1. The van der Waals surface area contributed by atoms with Crippen molar-refractivity contribution in [2.75, 3.05) is 5.75 Å². The van der Waals surface area contributed by atoms with Gasteiger partial charge in [0.2, 0.25) is 5.91 Å². The summed E-state index contributed by atoms with van der Waals surface area (Å²) in [6.07, 6.45) is 1.64. The molecule has 2 heterocycles. The summed E-state index contributed by atoms with van der Waals surface area (Å²) in [5.74, 6) is 1.70. The number of para-hydroxylation sites is 1. The summed E-state index contributed by atoms with van der Waals surface area (Å²) >= 11 is 1.36. The van der Waals surface area contributed by atoms with E-state index >= 15 is 0 Å². The Morgan fingerprint density at radius 1 is 1.19 bits per heavy atom. The van der Waals surface area contributed by atoms with Crippen LogP contribution in [0.1, 0.15) is 26.5 Å². The Bertz CT molecular complexity index is 894. The van der Waals surface area contributed by atoms with Gasteiger partial charge in [-0.15, -0.1) is 10.2 Å². The van der Waals surface area contributed by atoms with Gasteiger partial charge in [-0.25, -0.2) is 0 Å². The van der Waals surface area contributed by atoms with E-state index in [2.05, 4.69) is 15.5 Å². The van der Waals surface area contributed by atoms with Crippen molar-refractivity contribution >= 4 is 17.7 Å². The molecule has 1 amide bonds. The van der Waals surface area contributed by atoms with Crippen LogP contribution in [0, 0.1) is 6.92 Å². The van der Waals surface area contributed by atoms with Crippen LogP contribution in [0.15, 0.2) is 52.2 Å². The molecule has 1 aromatic carbocycles. The number of furan rings is 1. The predicted molar refractivity (Wildman–Crippen MR) is 102 cm³/mol. The Hall–Kier alpha value is -2.54. The lowest BCUT2D eigenvalue weighted by Crippen LogP contribution is -2.41. The predicted octanol–water partition coefficient (Wildman–Crippen LogP) is 3.84. The van der Waals surface area contributed by atoms with E-state index in [0.717, 1.165) is 17.0 Å². The second kappa shape index (κ2) is 7.37. The molecule has 0 bridgehead atoms. The van der Waals surface area contributed by atoms with Crippen molar-refractivity contribution in [2.45, 2.75) is 38.4 Å². The van der Waals surface area contributed by atoms with E-state index in [1.807, 2.05) is 68.7 Å². The number of amides is 1. The topological polar surface area (TPSA) is 72.9 Å². The first-order valence-corrected chi connectivity index (χ1v) is 9.33. The zero-order valence-electron chi connectivity index (χ0n) is 15.3. The first kappa shape index (κ1) is 18.3. The van der Waals surface area contributed by atoms with Crippen LogP contribution >= 0.6 is 11.8 Å². The number of hydrogen-bond acceptors (Lipinski definition) is 5. The number of rotatable bonds is 5. The van der Waals surface area contributed by atoms with Crippen molar-refractivity contribution in [3.63, 3.8) is 0 Å². The molecule has 7 heteroatoms. The van der Waals surface area contributed by atoms with Gasteiger partial charge in [0.1, 0.15) is 5.76 Å². The van der Waals surface area contributed by atoms with E-state index in [0.29, 0.717) is 11.0 Å². The van der Waals surface area contributed by atoms with Crippen LogP contribution < -0.4 is 5.32 Å². The number of carbonyl (C=O) groups excluding carboxylic acids is 1. The molecule has 0 aliphatic rings. The van der Waals surface area contributed by atoms with Crippen LogP contribution in [0.3, 0.4) is 0 Å². The van der Waals surface area contributed by atoms with Crippen molar-refractivity contribution in [3.05, 3.63) is 48.4 Å². The van der Waals surface area contributed by atoms with Crippen LogP contribution in [0.2, 0.25) is 0 Å². The fraction of sp³-hybridized carbons (Fsp3) is 0.316. The molecular weight excluding hydrogens is 348 g/mol. The lowest BCUT2D eigenvalue weighted by molar-refractivity contribution is -0.119. The molecule has 0 aliphatic heterocycles. The molecule has 0 fully saturated rings. The van der Waals surface area contributed by atoms with Gasteiger partial charge in [-0.3, -0.25) is 9.36 Å². The minimum Gasteiger partial charge on any atom is -0.469 e. The molecule has 3 rings (SSSR count). The highest BCUT2D eigenvalue weighted by Crippen LogP contribution is 2.30. The van der Waals surface area contributed by atoms with Gasteiger partial charge in [0.05, 0.1) is 17.6 Å². The van der Waals surface area contributed by atoms with E-state index in [9.17, 15) is 4.79 Å². The Morgan fingerprint density at radius 2 is 1.92 bits per heavy atom. The molecule has 0 saturated heterocycles. The van der Waals surface area contributed by atoms with Gasteiger partial charge >= 0.3 is 0 Å². The van der Waals surface area contributed by atoms with E-state index in [-0.39, 0.29) is 17.2 Å². The minimum absolute atomic E-state index is 0.0360. The van der Waals surface area contributed by atoms with Gasteiger partial charge in [-0.1, -0.05) is 30.0 Å². The number of hydrogen-bond donors (Lipinski definition) is 1. The van der Waals surface area contributed by atoms with Gasteiger partial charge < -0.3 is 9.73 Å². The summed E-state index contributed by atoms with van der Waals surface area (Å²) in [5.41, 5.74) is 1.56. The summed E-state index contributed by atoms with van der Waals surface area (Å²) in [6.45, 7) is 7.77. The monoisotopic (exact) mass is 370 g/mol. The molecule has 0 atom stereocenters. The van der Waals surface area contributed by atoms with E-state index < -0.39 is 0 Å². The lowest BCUT2D eigenvalue weighted by Gasteiger charge is -2.20. The summed E-state index contributed by atoms with van der Waals surface area (Å²) in [6, 6.07) is 11.7. The number of nitrogens with one attached hydrogen (secondary N) is 1. The maximum absolute atomic E-state index is 12.2. The lowest BCUT2D eigenvalue weighted by atomic mass is 10.1. The zero-order valence-corrected chi connectivity index (χ0v) is 16.1. The quantitative estimate of drug-likeness (QED) is 0.691. The van der Waals surface area contributed by atoms with Crippen LogP contribution in [0.25, 0.3) is 17.1 Å². The highest BCUT2D eigenvalue weighted by molar-refractivity contribution is 7.99. The number of nitrogens with zero attached hydrogens (tertiary/aromatic N) is 3. The third kappa shape index (κ3) is 4.16. The van der Waals surface area contributed by atoms with Gasteiger partial charge in [0, 0.05) is 11.2 Å². The summed E-state index contributed by atoms with van der Waals surface area (Å²) in [7, 11) is 0. The highest BCUT2D eigenvalue weighted by Gasteiger charge is 2.20. The Morgan fingerprint density at radius 3 is 2.54 bits per heavy atom. The maximum Gasteiger partial charge on any atom is 0.230 e. The molecule has 26 heavy (non-hydrogen) atoms. The van der Waals surface area contributed by atoms with Crippen LogP contribution in [0.5, 0.6) is 0 Å². The van der Waals surface area contributed by atoms with Gasteiger partial charge in [-0.2, -0.15) is 0 Å². The van der Waals surface area contributed by atoms with Crippen molar-refractivity contribution in [3.8, 4) is 17.1 Å². The Balaban J connectivity index is 1.92. The van der Waals surface area contributed by atoms with Gasteiger partial charge in [-0.05, 0) is 45.9 Å². The number of carbonyl (C=O) groups is 1. The third-order valence-corrected chi connectivity index (χ3v) is 4.52. The molecule has 1 N–H and O–H groups in total. The third-order valence-electron chi connectivity index (χ3n) is 3.59. The fourth-order valence-electron chi connectivity index (χ4n) is 2.55. The average molecular weight is 370 g/mol. The van der Waals surface area contributed by atoms with Crippen LogP contribution in [-0.4, -0.2) is 32.0 Å². The van der Waals surface area contributed by atoms with Crippen LogP contribution in [-0.2, 0) is 4.79 Å². The molecule has 6 nitrogen and oxygen atoms in total. The number of aromatic nitrogens is 3. The molecule has 0 saturated carbocycles. The zero-order chi connectivity index (χ0) is 18.7. The van der Waals surface area contributed by atoms with Crippen molar-refractivity contribution < 1.29 is 9.21 Å². The SMILES string of the molecule is Cc1occc1-c1nnc(SCC(=O)NC(C)(C)C)n1-c1ccccc1. The number of thioether (sulfide) groups is 1. The van der Waals surface area contributed by atoms with Crippen molar-refractivity contribution in [2.24, 2.45) is 0 Å². The first-order chi connectivity index (χ1) is 12.3. The molecule has 0 radical (unpaired) electrons. The van der Waals surface area contributed by atoms with Crippen molar-refractivity contribution in [1.29, 1.82) is 0 Å². The molecule has 3 aromatic rings. The minimum atomic E-state index is -0.260. The average Bonchev–Trinajstić information content (AvgIpc) is 3.17. The smallest absolute Gasteiger partial charge is 0.230 e. The standard InChI is InChI=1S/C19H22N4O2S/c1-13-15(10-11-25-13)17-21-22-18(23(17)14-8-6-5-7-9-14)26-12-16(24)20-19(2,3)4/h5-11H,12H2,1-4H3,(H,20,24). The second-order valence-corrected chi connectivity index (χ2v) is 7.90. The summed E-state index contributed by atoms with van der Waals surface area (Å²) < 4.78 is 7.37. The first-order valence-electron chi connectivity index (χ1n) is 8.34. The Labute approximate surface area is 157 Å². The highest BCUT2D eigenvalue weighted by atomic mass is 32.2. The molecular formula is C19H22N4O2S. The molecule has 136 valence electrons. The molecule has 0 spiro atoms.